The number of amides is 1. The largest absolute Gasteiger partial charge is 0.343 e. The first-order chi connectivity index (χ1) is 11.8. The van der Waals surface area contributed by atoms with Crippen LogP contribution < -0.4 is 0 Å². The van der Waals surface area contributed by atoms with Crippen molar-refractivity contribution in [2.75, 3.05) is 13.1 Å². The monoisotopic (exact) mass is 335 g/mol. The summed E-state index contributed by atoms with van der Waals surface area (Å²) in [7, 11) is 0. The van der Waals surface area contributed by atoms with Gasteiger partial charge in [-0.3, -0.25) is 4.79 Å². The molecule has 24 heavy (non-hydrogen) atoms. The molecule has 1 aliphatic heterocycles. The van der Waals surface area contributed by atoms with Gasteiger partial charge in [-0.25, -0.2) is 0 Å². The molecule has 0 N–H and O–H groups in total. The van der Waals surface area contributed by atoms with E-state index in [9.17, 15) is 4.79 Å². The fourth-order valence-corrected chi connectivity index (χ4v) is 3.48. The Morgan fingerprint density at radius 1 is 0.750 bits per heavy atom. The topological polar surface area (TPSA) is 20.3 Å². The number of rotatable bonds is 15. The first-order valence-corrected chi connectivity index (χ1v) is 10.8. The van der Waals surface area contributed by atoms with Gasteiger partial charge < -0.3 is 4.90 Å². The summed E-state index contributed by atoms with van der Waals surface area (Å²) >= 11 is 0. The van der Waals surface area contributed by atoms with E-state index < -0.39 is 0 Å². The van der Waals surface area contributed by atoms with Gasteiger partial charge in [-0.05, 0) is 38.5 Å². The summed E-state index contributed by atoms with van der Waals surface area (Å²) in [6.07, 6.45) is 25.1. The van der Waals surface area contributed by atoms with Crippen molar-refractivity contribution in [3.05, 3.63) is 12.2 Å². The Balaban J connectivity index is 1.77. The number of carbonyl (C=O) groups is 1. The molecule has 0 unspecified atom stereocenters. The van der Waals surface area contributed by atoms with Crippen LogP contribution in [0.1, 0.15) is 110 Å². The molecule has 1 amide bonds. The molecule has 2 heteroatoms. The minimum Gasteiger partial charge on any atom is -0.343 e. The van der Waals surface area contributed by atoms with E-state index >= 15 is 0 Å². The second-order valence-electron chi connectivity index (χ2n) is 7.42. The lowest BCUT2D eigenvalue weighted by molar-refractivity contribution is -0.130. The van der Waals surface area contributed by atoms with Gasteiger partial charge in [0.15, 0.2) is 0 Å². The van der Waals surface area contributed by atoms with Crippen LogP contribution in [0.4, 0.5) is 0 Å². The highest BCUT2D eigenvalue weighted by Crippen LogP contribution is 2.12. The van der Waals surface area contributed by atoms with Crippen LogP contribution in [0.15, 0.2) is 12.2 Å². The maximum atomic E-state index is 11.9. The van der Waals surface area contributed by atoms with Crippen LogP contribution in [0, 0.1) is 0 Å². The van der Waals surface area contributed by atoms with Crippen LogP contribution in [0.3, 0.4) is 0 Å². The third-order valence-corrected chi connectivity index (χ3v) is 5.11. The van der Waals surface area contributed by atoms with Crippen LogP contribution in [0.25, 0.3) is 0 Å². The van der Waals surface area contributed by atoms with Crippen molar-refractivity contribution in [2.24, 2.45) is 0 Å². The zero-order valence-corrected chi connectivity index (χ0v) is 16.2. The molecular formula is C22H41NO. The summed E-state index contributed by atoms with van der Waals surface area (Å²) in [4.78, 5) is 13.9. The summed E-state index contributed by atoms with van der Waals surface area (Å²) in [5.41, 5.74) is 0. The maximum Gasteiger partial charge on any atom is 0.222 e. The van der Waals surface area contributed by atoms with Gasteiger partial charge >= 0.3 is 0 Å². The van der Waals surface area contributed by atoms with Crippen LogP contribution >= 0.6 is 0 Å². The van der Waals surface area contributed by atoms with Crippen LogP contribution in [-0.2, 0) is 4.79 Å². The lowest BCUT2D eigenvalue weighted by Crippen LogP contribution is -2.27. The van der Waals surface area contributed by atoms with Crippen LogP contribution in [-0.4, -0.2) is 23.9 Å². The van der Waals surface area contributed by atoms with Crippen LogP contribution in [0.5, 0.6) is 0 Å². The van der Waals surface area contributed by atoms with E-state index in [-0.39, 0.29) is 0 Å². The van der Waals surface area contributed by atoms with Crippen molar-refractivity contribution in [2.45, 2.75) is 110 Å². The second kappa shape index (κ2) is 15.7. The number of hydrogen-bond donors (Lipinski definition) is 0. The SMILES string of the molecule is CCCCCCCCCCCC/C=C/CCCC(=O)N1CCCC1. The summed E-state index contributed by atoms with van der Waals surface area (Å²) in [5, 5.41) is 0. The first-order valence-electron chi connectivity index (χ1n) is 10.8. The zero-order valence-electron chi connectivity index (χ0n) is 16.2. The normalized spacial score (nSPS) is 14.8. The molecule has 1 rings (SSSR count). The number of unbranched alkanes of at least 4 members (excludes halogenated alkanes) is 11. The van der Waals surface area contributed by atoms with Gasteiger partial charge in [-0.2, -0.15) is 0 Å². The van der Waals surface area contributed by atoms with Gasteiger partial charge in [0.05, 0.1) is 0 Å². The van der Waals surface area contributed by atoms with E-state index in [1.807, 2.05) is 4.90 Å². The highest BCUT2D eigenvalue weighted by atomic mass is 16.2. The lowest BCUT2D eigenvalue weighted by Gasteiger charge is -2.14. The van der Waals surface area contributed by atoms with E-state index in [4.69, 9.17) is 0 Å². The number of likely N-dealkylation sites (tertiary alicyclic amines) is 1. The molecule has 140 valence electrons. The zero-order chi connectivity index (χ0) is 17.3. The molecule has 0 atom stereocenters. The van der Waals surface area contributed by atoms with Crippen molar-refractivity contribution in [3.63, 3.8) is 0 Å². The smallest absolute Gasteiger partial charge is 0.222 e. The number of hydrogen-bond acceptors (Lipinski definition) is 1. The summed E-state index contributed by atoms with van der Waals surface area (Å²) < 4.78 is 0. The van der Waals surface area contributed by atoms with E-state index in [1.165, 1.54) is 83.5 Å². The van der Waals surface area contributed by atoms with Crippen molar-refractivity contribution in [1.82, 2.24) is 4.90 Å². The van der Waals surface area contributed by atoms with Gasteiger partial charge in [0.1, 0.15) is 0 Å². The molecule has 1 heterocycles. The van der Waals surface area contributed by atoms with E-state index in [0.717, 1.165) is 32.4 Å². The number of allylic oxidation sites excluding steroid dienone is 2. The third kappa shape index (κ3) is 11.7. The van der Waals surface area contributed by atoms with E-state index in [2.05, 4.69) is 19.1 Å². The molecule has 2 nitrogen and oxygen atoms in total. The molecule has 0 aliphatic carbocycles. The highest BCUT2D eigenvalue weighted by molar-refractivity contribution is 5.76. The van der Waals surface area contributed by atoms with E-state index in [0.29, 0.717) is 5.91 Å². The summed E-state index contributed by atoms with van der Waals surface area (Å²) in [5.74, 6) is 0.371. The minimum atomic E-state index is 0.371. The Morgan fingerprint density at radius 2 is 1.25 bits per heavy atom. The predicted molar refractivity (Wildman–Crippen MR) is 105 cm³/mol. The van der Waals surface area contributed by atoms with Crippen molar-refractivity contribution >= 4 is 5.91 Å². The van der Waals surface area contributed by atoms with Gasteiger partial charge in [-0.15, -0.1) is 0 Å². The molecular weight excluding hydrogens is 294 g/mol. The van der Waals surface area contributed by atoms with Gasteiger partial charge in [0.2, 0.25) is 5.91 Å². The van der Waals surface area contributed by atoms with Gasteiger partial charge in [0.25, 0.3) is 0 Å². The first kappa shape index (κ1) is 21.3. The molecule has 0 radical (unpaired) electrons. The molecule has 1 saturated heterocycles. The van der Waals surface area contributed by atoms with Crippen molar-refractivity contribution < 1.29 is 4.79 Å². The Morgan fingerprint density at radius 3 is 1.83 bits per heavy atom. The Bertz CT molecular complexity index is 318. The molecule has 0 aromatic carbocycles. The average molecular weight is 336 g/mol. The maximum absolute atomic E-state index is 11.9. The highest BCUT2D eigenvalue weighted by Gasteiger charge is 2.16. The average Bonchev–Trinajstić information content (AvgIpc) is 3.13. The van der Waals surface area contributed by atoms with Crippen molar-refractivity contribution in [3.8, 4) is 0 Å². The lowest BCUT2D eigenvalue weighted by atomic mass is 10.1. The van der Waals surface area contributed by atoms with E-state index in [1.54, 1.807) is 0 Å². The summed E-state index contributed by atoms with van der Waals surface area (Å²) in [6.45, 7) is 4.27. The van der Waals surface area contributed by atoms with Gasteiger partial charge in [-0.1, -0.05) is 76.9 Å². The number of nitrogens with zero attached hydrogens (tertiary/aromatic N) is 1. The molecule has 1 fully saturated rings. The fraction of sp³-hybridized carbons (Fsp3) is 0.864. The molecule has 1 aliphatic rings. The number of carbonyl (C=O) groups excluding carboxylic acids is 1. The third-order valence-electron chi connectivity index (χ3n) is 5.11. The second-order valence-corrected chi connectivity index (χ2v) is 7.42. The molecule has 0 aromatic rings. The molecule has 0 bridgehead atoms. The molecule has 0 aromatic heterocycles. The minimum absolute atomic E-state index is 0.371. The van der Waals surface area contributed by atoms with Crippen LogP contribution in [0.2, 0.25) is 0 Å². The Hall–Kier alpha value is -0.790. The molecule has 0 spiro atoms. The predicted octanol–water partition coefficient (Wildman–Crippen LogP) is 6.65. The standard InChI is InChI=1S/C22H41NO/c1-2-3-4-5-6-7-8-9-10-11-12-13-14-15-16-19-22(24)23-20-17-18-21-23/h13-14H,2-12,15-21H2,1H3/b14-13+. The Labute approximate surface area is 151 Å². The van der Waals surface area contributed by atoms with Crippen molar-refractivity contribution in [1.29, 1.82) is 0 Å². The fourth-order valence-electron chi connectivity index (χ4n) is 3.48. The Kier molecular flexibility index (Phi) is 13.9. The summed E-state index contributed by atoms with van der Waals surface area (Å²) in [6, 6.07) is 0. The molecule has 0 saturated carbocycles. The van der Waals surface area contributed by atoms with Gasteiger partial charge in [0, 0.05) is 19.5 Å². The quantitative estimate of drug-likeness (QED) is 0.242.